The van der Waals surface area contributed by atoms with Crippen LogP contribution in [-0.4, -0.2) is 46.2 Å². The number of aliphatic hydroxyl groups is 1. The van der Waals surface area contributed by atoms with Crippen molar-refractivity contribution in [3.05, 3.63) is 113 Å². The smallest absolute Gasteiger partial charge is 0.220 e. The van der Waals surface area contributed by atoms with Gasteiger partial charge in [-0.25, -0.2) is 0 Å². The Morgan fingerprint density at radius 3 is 2.39 bits per heavy atom. The van der Waals surface area contributed by atoms with Crippen LogP contribution in [0.15, 0.2) is 102 Å². The second-order valence-corrected chi connectivity index (χ2v) is 8.36. The van der Waals surface area contributed by atoms with Crippen molar-refractivity contribution < 1.29 is 39.5 Å². The standard InChI is InChI=1S/C30H28O8/c1-37-29-12-19(7-9-27(29)35)5-3-4-6-23(31)17-24(32)14-21(22-15-25(33)18-26(34)16-22)11-20-8-10-28(36)30(13-20)38-2/h3-13,15-18,21,31,33-35H,14H2,1-2H3/b5-3+,6-4+,20-11-,23-17-. The highest BCUT2D eigenvalue weighted by Crippen LogP contribution is 2.31. The summed E-state index contributed by atoms with van der Waals surface area (Å²) in [5.74, 6) is -1.39. The molecule has 1 unspecified atom stereocenters. The second-order valence-electron chi connectivity index (χ2n) is 8.36. The van der Waals surface area contributed by atoms with E-state index < -0.39 is 11.7 Å². The van der Waals surface area contributed by atoms with Gasteiger partial charge in [0.2, 0.25) is 5.78 Å². The molecule has 2 aromatic rings. The van der Waals surface area contributed by atoms with Crippen molar-refractivity contribution in [3.63, 3.8) is 0 Å². The first-order valence-electron chi connectivity index (χ1n) is 11.6. The van der Waals surface area contributed by atoms with Crippen molar-refractivity contribution >= 4 is 17.6 Å². The molecule has 1 aliphatic rings. The number of aromatic hydroxyl groups is 3. The Hall–Kier alpha value is -4.98. The number of carbonyl (C=O) groups excluding carboxylic acids is 2. The summed E-state index contributed by atoms with van der Waals surface area (Å²) in [6.45, 7) is 0. The Labute approximate surface area is 220 Å². The Balaban J connectivity index is 1.77. The molecule has 0 aliphatic heterocycles. The van der Waals surface area contributed by atoms with E-state index in [0.29, 0.717) is 16.9 Å². The van der Waals surface area contributed by atoms with Gasteiger partial charge in [-0.1, -0.05) is 36.4 Å². The number of ether oxygens (including phenoxy) is 2. The third-order valence-corrected chi connectivity index (χ3v) is 5.53. The molecule has 1 aliphatic carbocycles. The molecule has 0 bridgehead atoms. The average molecular weight is 517 g/mol. The van der Waals surface area contributed by atoms with Gasteiger partial charge in [-0.15, -0.1) is 0 Å². The van der Waals surface area contributed by atoms with Gasteiger partial charge in [0.15, 0.2) is 23.0 Å². The number of phenols is 3. The number of benzene rings is 2. The molecule has 0 amide bonds. The lowest BCUT2D eigenvalue weighted by Gasteiger charge is -2.15. The van der Waals surface area contributed by atoms with Gasteiger partial charge in [0.25, 0.3) is 0 Å². The van der Waals surface area contributed by atoms with Crippen LogP contribution in [0.4, 0.5) is 0 Å². The highest BCUT2D eigenvalue weighted by atomic mass is 16.5. The molecule has 0 heterocycles. The molecule has 196 valence electrons. The van der Waals surface area contributed by atoms with Crippen LogP contribution in [0.1, 0.15) is 23.5 Å². The molecule has 0 saturated heterocycles. The van der Waals surface area contributed by atoms with Crippen molar-refractivity contribution in [2.24, 2.45) is 0 Å². The molecule has 2 aromatic carbocycles. The lowest BCUT2D eigenvalue weighted by atomic mass is 9.90. The van der Waals surface area contributed by atoms with E-state index in [1.807, 2.05) is 0 Å². The zero-order valence-electron chi connectivity index (χ0n) is 20.9. The van der Waals surface area contributed by atoms with Gasteiger partial charge in [-0.2, -0.15) is 0 Å². The second kappa shape index (κ2) is 12.8. The van der Waals surface area contributed by atoms with Crippen LogP contribution in [0.2, 0.25) is 0 Å². The summed E-state index contributed by atoms with van der Waals surface area (Å²) in [5.41, 5.74) is 1.83. The largest absolute Gasteiger partial charge is 0.508 e. The van der Waals surface area contributed by atoms with Crippen molar-refractivity contribution in [3.8, 4) is 23.0 Å². The molecule has 0 radical (unpaired) electrons. The van der Waals surface area contributed by atoms with E-state index in [1.54, 1.807) is 42.5 Å². The summed E-state index contributed by atoms with van der Waals surface area (Å²) < 4.78 is 10.1. The number of allylic oxidation sites excluding steroid dienone is 9. The minimum atomic E-state index is -0.597. The summed E-state index contributed by atoms with van der Waals surface area (Å²) in [5, 5.41) is 39.8. The first-order chi connectivity index (χ1) is 18.2. The monoisotopic (exact) mass is 516 g/mol. The van der Waals surface area contributed by atoms with Gasteiger partial charge in [-0.05, 0) is 59.2 Å². The molecule has 0 spiro atoms. The predicted octanol–water partition coefficient (Wildman–Crippen LogP) is 5.16. The summed E-state index contributed by atoms with van der Waals surface area (Å²) >= 11 is 0. The van der Waals surface area contributed by atoms with E-state index in [9.17, 15) is 30.0 Å². The Kier molecular flexibility index (Phi) is 9.31. The fourth-order valence-electron chi connectivity index (χ4n) is 3.73. The SMILES string of the molecule is COC1=C/C(=C\C(CC(=O)/C=C(O)/C=C/C=C/c2ccc(O)c(OC)c2)c2cc(O)cc(O)c2)C=CC1=O. The molecule has 0 aromatic heterocycles. The molecule has 1 atom stereocenters. The van der Waals surface area contributed by atoms with Crippen LogP contribution >= 0.6 is 0 Å². The van der Waals surface area contributed by atoms with Crippen molar-refractivity contribution in [1.82, 2.24) is 0 Å². The zero-order valence-corrected chi connectivity index (χ0v) is 20.9. The molecule has 0 saturated carbocycles. The Bertz CT molecular complexity index is 1370. The number of phenolic OH excluding ortho intramolecular Hbond substituents is 3. The maximum absolute atomic E-state index is 12.8. The molecule has 8 heteroatoms. The van der Waals surface area contributed by atoms with Crippen molar-refractivity contribution in [1.29, 1.82) is 0 Å². The van der Waals surface area contributed by atoms with Crippen LogP contribution in [-0.2, 0) is 14.3 Å². The van der Waals surface area contributed by atoms with Gasteiger partial charge < -0.3 is 29.9 Å². The predicted molar refractivity (Wildman–Crippen MR) is 143 cm³/mol. The molecule has 3 rings (SSSR count). The average Bonchev–Trinajstić information content (AvgIpc) is 2.87. The summed E-state index contributed by atoms with van der Waals surface area (Å²) in [6, 6.07) is 8.88. The van der Waals surface area contributed by atoms with E-state index in [2.05, 4.69) is 0 Å². The van der Waals surface area contributed by atoms with Crippen LogP contribution in [0, 0.1) is 0 Å². The van der Waals surface area contributed by atoms with Gasteiger partial charge in [-0.3, -0.25) is 9.59 Å². The quantitative estimate of drug-likeness (QED) is 0.193. The fourth-order valence-corrected chi connectivity index (χ4v) is 3.73. The van der Waals surface area contributed by atoms with Gasteiger partial charge in [0.1, 0.15) is 17.3 Å². The maximum Gasteiger partial charge on any atom is 0.220 e. The number of ketones is 2. The van der Waals surface area contributed by atoms with Crippen LogP contribution in [0.25, 0.3) is 6.08 Å². The number of hydrogen-bond donors (Lipinski definition) is 4. The highest BCUT2D eigenvalue weighted by molar-refractivity contribution is 6.04. The summed E-state index contributed by atoms with van der Waals surface area (Å²) in [7, 11) is 2.83. The molecular formula is C30H28O8. The number of hydrogen-bond acceptors (Lipinski definition) is 8. The lowest BCUT2D eigenvalue weighted by Crippen LogP contribution is -2.07. The summed E-state index contributed by atoms with van der Waals surface area (Å²) in [4.78, 5) is 24.6. The van der Waals surface area contributed by atoms with Gasteiger partial charge >= 0.3 is 0 Å². The Morgan fingerprint density at radius 1 is 0.974 bits per heavy atom. The normalized spacial score (nSPS) is 15.7. The third kappa shape index (κ3) is 7.76. The third-order valence-electron chi connectivity index (χ3n) is 5.53. The molecule has 4 N–H and O–H groups in total. The van der Waals surface area contributed by atoms with Crippen LogP contribution < -0.4 is 4.74 Å². The zero-order chi connectivity index (χ0) is 27.7. The van der Waals surface area contributed by atoms with Crippen molar-refractivity contribution in [2.75, 3.05) is 14.2 Å². The minimum absolute atomic E-state index is 0.0253. The van der Waals surface area contributed by atoms with Crippen LogP contribution in [0.5, 0.6) is 23.0 Å². The topological polar surface area (TPSA) is 134 Å². The van der Waals surface area contributed by atoms with E-state index >= 15 is 0 Å². The molecule has 38 heavy (non-hydrogen) atoms. The number of methoxy groups -OCH3 is 2. The number of carbonyl (C=O) groups is 2. The van der Waals surface area contributed by atoms with E-state index in [0.717, 1.165) is 11.6 Å². The van der Waals surface area contributed by atoms with Gasteiger partial charge in [0, 0.05) is 24.5 Å². The van der Waals surface area contributed by atoms with E-state index in [4.69, 9.17) is 9.47 Å². The van der Waals surface area contributed by atoms with Crippen LogP contribution in [0.3, 0.4) is 0 Å². The lowest BCUT2D eigenvalue weighted by molar-refractivity contribution is -0.115. The Morgan fingerprint density at radius 2 is 1.71 bits per heavy atom. The minimum Gasteiger partial charge on any atom is -0.508 e. The summed E-state index contributed by atoms with van der Waals surface area (Å²) in [6.07, 6.45) is 13.4. The van der Waals surface area contributed by atoms with E-state index in [-0.39, 0.29) is 41.0 Å². The number of rotatable bonds is 10. The molecule has 8 nitrogen and oxygen atoms in total. The fraction of sp³-hybridized carbons (Fsp3) is 0.133. The molecular weight excluding hydrogens is 488 g/mol. The first-order valence-corrected chi connectivity index (χ1v) is 11.6. The first kappa shape index (κ1) is 27.6. The molecule has 0 fully saturated rings. The maximum atomic E-state index is 12.8. The number of aliphatic hydroxyl groups excluding tert-OH is 1. The highest BCUT2D eigenvalue weighted by Gasteiger charge is 2.18. The van der Waals surface area contributed by atoms with Gasteiger partial charge in [0.05, 0.1) is 14.2 Å². The van der Waals surface area contributed by atoms with E-state index in [1.165, 1.54) is 56.7 Å². The van der Waals surface area contributed by atoms with Crippen molar-refractivity contribution in [2.45, 2.75) is 12.3 Å².